The van der Waals surface area contributed by atoms with Crippen LogP contribution in [0, 0.1) is 0 Å². The van der Waals surface area contributed by atoms with E-state index in [1.807, 2.05) is 109 Å². The van der Waals surface area contributed by atoms with Crippen molar-refractivity contribution in [2.75, 3.05) is 13.2 Å². The number of hydrogen-bond acceptors (Lipinski definition) is 4. The predicted molar refractivity (Wildman–Crippen MR) is 264 cm³/mol. The SMILES string of the molecule is OC(COc1ccc2cc(C3(c4ccc5cc(OCC(O)CC(F)(F)C(F)(F)C(F)(F)C(F)(F)F)ccc5c4)c4cc(-c5ccccc5)ccc4-c4ccc(-c5ccccc5)cc43)ccc2c1)CC(F)(F)C(F)(F)C(F)(F)C(F)(F)F. The molecular weight excluding hydrogens is 1110 g/mol. The van der Waals surface area contributed by atoms with Gasteiger partial charge in [-0.1, -0.05) is 121 Å². The molecule has 8 aromatic rings. The Morgan fingerprint density at radius 3 is 1.02 bits per heavy atom. The fraction of sp³-hybridized carbons (Fsp3) is 0.254. The Labute approximate surface area is 447 Å². The lowest BCUT2D eigenvalue weighted by Crippen LogP contribution is -2.61. The number of ether oxygens (including phenoxy) is 2. The molecule has 0 bridgehead atoms. The zero-order valence-corrected chi connectivity index (χ0v) is 41.2. The fourth-order valence-electron chi connectivity index (χ4n) is 9.99. The number of hydrogen-bond donors (Lipinski definition) is 2. The second-order valence-corrected chi connectivity index (χ2v) is 19.5. The number of aliphatic hydroxyl groups is 2. The molecule has 2 atom stereocenters. The van der Waals surface area contributed by atoms with Crippen LogP contribution in [0.5, 0.6) is 11.5 Å². The van der Waals surface area contributed by atoms with Gasteiger partial charge in [-0.05, 0) is 126 Å². The molecule has 2 N–H and O–H groups in total. The number of fused-ring (bicyclic) bond motifs is 5. The van der Waals surface area contributed by atoms with E-state index in [-0.39, 0.29) is 11.5 Å². The normalized spacial score (nSPS) is 15.1. The van der Waals surface area contributed by atoms with E-state index in [2.05, 4.69) is 0 Å². The van der Waals surface area contributed by atoms with Crippen LogP contribution in [0.4, 0.5) is 79.0 Å². The minimum Gasteiger partial charge on any atom is -0.491 e. The zero-order valence-electron chi connectivity index (χ0n) is 41.2. The first kappa shape index (κ1) is 58.2. The molecule has 0 aliphatic heterocycles. The van der Waals surface area contributed by atoms with Crippen LogP contribution in [0.25, 0.3) is 54.9 Å². The van der Waals surface area contributed by atoms with Gasteiger partial charge in [-0.25, -0.2) is 0 Å². The third kappa shape index (κ3) is 10.2. The summed E-state index contributed by atoms with van der Waals surface area (Å²) < 4.78 is 254. The average molecular weight is 1150 g/mol. The third-order valence-corrected chi connectivity index (χ3v) is 14.1. The van der Waals surface area contributed by atoms with E-state index in [0.29, 0.717) is 32.7 Å². The highest BCUT2D eigenvalue weighted by Crippen LogP contribution is 2.59. The van der Waals surface area contributed by atoms with Crippen LogP contribution in [0.1, 0.15) is 35.1 Å². The smallest absolute Gasteiger partial charge is 0.460 e. The summed E-state index contributed by atoms with van der Waals surface area (Å²) in [6, 6.07) is 49.8. The van der Waals surface area contributed by atoms with Crippen molar-refractivity contribution in [3.8, 4) is 44.9 Å². The van der Waals surface area contributed by atoms with Crippen LogP contribution in [0.3, 0.4) is 0 Å². The first-order valence-corrected chi connectivity index (χ1v) is 24.2. The molecule has 9 rings (SSSR count). The summed E-state index contributed by atoms with van der Waals surface area (Å²) >= 11 is 0. The number of rotatable bonds is 18. The molecule has 1 aliphatic carbocycles. The molecular formula is C59H40F18O4. The summed E-state index contributed by atoms with van der Waals surface area (Å²) in [6.07, 6.45) is -24.4. The van der Waals surface area contributed by atoms with Crippen LogP contribution in [0.2, 0.25) is 0 Å². The number of alkyl halides is 18. The maximum absolute atomic E-state index is 14.4. The van der Waals surface area contributed by atoms with Crippen molar-refractivity contribution in [3.05, 3.63) is 192 Å². The highest BCUT2D eigenvalue weighted by Gasteiger charge is 2.82. The largest absolute Gasteiger partial charge is 0.491 e. The van der Waals surface area contributed by atoms with Crippen molar-refractivity contribution in [3.63, 3.8) is 0 Å². The van der Waals surface area contributed by atoms with Crippen molar-refractivity contribution in [2.24, 2.45) is 0 Å². The first-order chi connectivity index (χ1) is 37.7. The Kier molecular flexibility index (Phi) is 14.7. The Morgan fingerprint density at radius 2 is 0.679 bits per heavy atom. The van der Waals surface area contributed by atoms with Gasteiger partial charge >= 0.3 is 47.9 Å². The molecule has 0 aromatic heterocycles. The van der Waals surface area contributed by atoms with Crippen molar-refractivity contribution < 1.29 is 98.7 Å². The van der Waals surface area contributed by atoms with Gasteiger partial charge < -0.3 is 19.7 Å². The summed E-state index contributed by atoms with van der Waals surface area (Å²) in [5.41, 5.74) is 6.63. The molecule has 2 unspecified atom stereocenters. The number of halogens is 18. The second kappa shape index (κ2) is 20.5. The Balaban J connectivity index is 1.10. The molecule has 1 aliphatic rings. The highest BCUT2D eigenvalue weighted by atomic mass is 19.4. The van der Waals surface area contributed by atoms with E-state index in [1.165, 1.54) is 36.4 Å². The molecule has 81 heavy (non-hydrogen) atoms. The number of benzene rings is 8. The minimum atomic E-state index is -7.14. The van der Waals surface area contributed by atoms with Gasteiger partial charge in [0.2, 0.25) is 0 Å². The lowest BCUT2D eigenvalue weighted by molar-refractivity contribution is -0.398. The summed E-state index contributed by atoms with van der Waals surface area (Å²) in [5, 5.41) is 22.2. The molecule has 0 fully saturated rings. The lowest BCUT2D eigenvalue weighted by Gasteiger charge is -2.35. The fourth-order valence-corrected chi connectivity index (χ4v) is 9.99. The molecule has 0 saturated carbocycles. The molecule has 0 saturated heterocycles. The van der Waals surface area contributed by atoms with E-state index < -0.39 is 91.6 Å². The van der Waals surface area contributed by atoms with E-state index in [0.717, 1.165) is 44.5 Å². The maximum Gasteiger partial charge on any atom is 0.460 e. The molecule has 0 heterocycles. The van der Waals surface area contributed by atoms with Gasteiger partial charge in [0.25, 0.3) is 0 Å². The number of aliphatic hydroxyl groups excluding tert-OH is 2. The second-order valence-electron chi connectivity index (χ2n) is 19.5. The first-order valence-electron chi connectivity index (χ1n) is 24.2. The highest BCUT2D eigenvalue weighted by molar-refractivity contribution is 5.94. The molecule has 0 amide bonds. The van der Waals surface area contributed by atoms with Crippen LogP contribution >= 0.6 is 0 Å². The molecule has 0 spiro atoms. The molecule has 22 heteroatoms. The van der Waals surface area contributed by atoms with E-state index in [4.69, 9.17) is 9.47 Å². The Hall–Kier alpha value is -7.46. The van der Waals surface area contributed by atoms with Crippen molar-refractivity contribution >= 4 is 21.5 Å². The predicted octanol–water partition coefficient (Wildman–Crippen LogP) is 16.9. The molecule has 0 radical (unpaired) electrons. The van der Waals surface area contributed by atoms with E-state index in [9.17, 15) is 89.2 Å². The van der Waals surface area contributed by atoms with Crippen LogP contribution < -0.4 is 9.47 Å². The van der Waals surface area contributed by atoms with Crippen molar-refractivity contribution in [2.45, 2.75) is 78.4 Å². The summed E-state index contributed by atoms with van der Waals surface area (Å²) in [5.74, 6) is -40.5. The van der Waals surface area contributed by atoms with Gasteiger partial charge in [0.1, 0.15) is 24.7 Å². The van der Waals surface area contributed by atoms with Gasteiger partial charge in [-0.3, -0.25) is 0 Å². The van der Waals surface area contributed by atoms with Gasteiger partial charge in [0, 0.05) is 12.8 Å². The molecule has 8 aromatic carbocycles. The summed E-state index contributed by atoms with van der Waals surface area (Å²) in [4.78, 5) is 0. The topological polar surface area (TPSA) is 58.9 Å². The van der Waals surface area contributed by atoms with E-state index in [1.54, 1.807) is 24.3 Å². The zero-order chi connectivity index (χ0) is 58.9. The molecule has 426 valence electrons. The van der Waals surface area contributed by atoms with Gasteiger partial charge in [0.05, 0.1) is 17.6 Å². The standard InChI is InChI=1S/C59H40F18O4/c60-51(61,54(64,65)56(68,69)58(72,73)74)29-43(78)31-80-45-19-13-35-23-41(17-11-37(35)25-45)53(49-27-39(33-7-3-1-4-8-33)15-21-47(49)48-22-16-40(28-50(48)53)34-9-5-2-6-10-34)42-18-12-38-26-46(20-14-36(38)24-42)81-32-44(79)30-52(62,63)55(66,67)57(70,71)59(75,76)77/h1-28,43-44,78-79H,29-32H2. The van der Waals surface area contributed by atoms with Crippen LogP contribution in [0.15, 0.2) is 170 Å². The molecule has 4 nitrogen and oxygen atoms in total. The van der Waals surface area contributed by atoms with Crippen LogP contribution in [-0.4, -0.2) is 83.5 Å². The van der Waals surface area contributed by atoms with Crippen LogP contribution in [-0.2, 0) is 5.41 Å². The van der Waals surface area contributed by atoms with Gasteiger partial charge in [0.15, 0.2) is 0 Å². The van der Waals surface area contributed by atoms with Crippen molar-refractivity contribution in [1.82, 2.24) is 0 Å². The van der Waals surface area contributed by atoms with E-state index >= 15 is 0 Å². The monoisotopic (exact) mass is 1150 g/mol. The minimum absolute atomic E-state index is 0.145. The van der Waals surface area contributed by atoms with Gasteiger partial charge in [-0.2, -0.15) is 79.0 Å². The quantitative estimate of drug-likeness (QED) is 0.0841. The lowest BCUT2D eigenvalue weighted by atomic mass is 9.66. The Morgan fingerprint density at radius 1 is 0.346 bits per heavy atom. The Bertz CT molecular complexity index is 3370. The summed E-state index contributed by atoms with van der Waals surface area (Å²) in [7, 11) is 0. The third-order valence-electron chi connectivity index (χ3n) is 14.1. The van der Waals surface area contributed by atoms with Crippen molar-refractivity contribution in [1.29, 1.82) is 0 Å². The summed E-state index contributed by atoms with van der Waals surface area (Å²) in [6.45, 7) is -2.46. The average Bonchev–Trinajstić information content (AvgIpc) is 3.90. The van der Waals surface area contributed by atoms with Gasteiger partial charge in [-0.15, -0.1) is 0 Å². The maximum atomic E-state index is 14.4.